The summed E-state index contributed by atoms with van der Waals surface area (Å²) in [6.45, 7) is 5.67. The van der Waals surface area contributed by atoms with Crippen LogP contribution >= 0.6 is 11.8 Å². The third-order valence-electron chi connectivity index (χ3n) is 6.32. The van der Waals surface area contributed by atoms with Gasteiger partial charge in [-0.15, -0.1) is 10.2 Å². The second-order valence-electron chi connectivity index (χ2n) is 9.02. The first-order chi connectivity index (χ1) is 17.0. The molecular formula is C26H29N5O3S. The molecule has 0 aliphatic heterocycles. The number of thioether (sulfide) groups is 1. The molecule has 0 saturated heterocycles. The maximum Gasteiger partial charge on any atom is 0.267 e. The van der Waals surface area contributed by atoms with Crippen molar-refractivity contribution in [2.75, 3.05) is 26.0 Å². The molecule has 0 atom stereocenters. The highest BCUT2D eigenvalue weighted by Gasteiger charge is 2.27. The number of hydrogen-bond acceptors (Lipinski definition) is 6. The van der Waals surface area contributed by atoms with Gasteiger partial charge >= 0.3 is 0 Å². The lowest BCUT2D eigenvalue weighted by molar-refractivity contribution is -0.128. The first-order valence-corrected chi connectivity index (χ1v) is 12.9. The van der Waals surface area contributed by atoms with E-state index in [2.05, 4.69) is 17.1 Å². The molecule has 2 aromatic carbocycles. The van der Waals surface area contributed by atoms with E-state index < -0.39 is 0 Å². The van der Waals surface area contributed by atoms with Crippen LogP contribution < -0.4 is 10.3 Å². The number of carbonyl (C=O) groups is 1. The Kier molecular flexibility index (Phi) is 6.51. The monoisotopic (exact) mass is 491 g/mol. The first kappa shape index (κ1) is 23.4. The summed E-state index contributed by atoms with van der Waals surface area (Å²) in [4.78, 5) is 28.6. The van der Waals surface area contributed by atoms with Gasteiger partial charge in [0.05, 0.1) is 29.5 Å². The molecule has 5 rings (SSSR count). The molecule has 1 aliphatic rings. The van der Waals surface area contributed by atoms with Gasteiger partial charge in [0.25, 0.3) is 5.56 Å². The number of rotatable bonds is 9. The quantitative estimate of drug-likeness (QED) is 0.328. The lowest BCUT2D eigenvalue weighted by atomic mass is 10.2. The zero-order valence-electron chi connectivity index (χ0n) is 20.2. The van der Waals surface area contributed by atoms with E-state index in [1.807, 2.05) is 52.6 Å². The largest absolute Gasteiger partial charge is 0.495 e. The number of nitrogens with zero attached hydrogens (tertiary/aromatic N) is 5. The van der Waals surface area contributed by atoms with Crippen LogP contribution in [-0.4, -0.2) is 55.9 Å². The number of benzene rings is 2. The Morgan fingerprint density at radius 3 is 2.74 bits per heavy atom. The number of hydrogen-bond donors (Lipinski definition) is 0. The van der Waals surface area contributed by atoms with Crippen LogP contribution in [0.2, 0.25) is 0 Å². The molecule has 4 aromatic rings. The van der Waals surface area contributed by atoms with E-state index in [0.717, 1.165) is 25.1 Å². The molecular weight excluding hydrogens is 462 g/mol. The molecule has 0 spiro atoms. The number of carbonyl (C=O) groups excluding carboxylic acids is 1. The number of aromatic nitrogens is 4. The van der Waals surface area contributed by atoms with Crippen molar-refractivity contribution in [2.24, 2.45) is 5.92 Å². The predicted molar refractivity (Wildman–Crippen MR) is 138 cm³/mol. The van der Waals surface area contributed by atoms with Crippen molar-refractivity contribution in [1.82, 2.24) is 24.1 Å². The van der Waals surface area contributed by atoms with E-state index in [1.54, 1.807) is 17.7 Å². The lowest BCUT2D eigenvalue weighted by Gasteiger charge is -2.21. The highest BCUT2D eigenvalue weighted by Crippen LogP contribution is 2.31. The van der Waals surface area contributed by atoms with Crippen molar-refractivity contribution in [1.29, 1.82) is 0 Å². The second kappa shape index (κ2) is 9.73. The number of para-hydroxylation sites is 1. The van der Waals surface area contributed by atoms with Crippen molar-refractivity contribution < 1.29 is 9.53 Å². The van der Waals surface area contributed by atoms with Gasteiger partial charge in [-0.1, -0.05) is 36.9 Å². The summed E-state index contributed by atoms with van der Waals surface area (Å²) in [5.74, 6) is 1.98. The van der Waals surface area contributed by atoms with Gasteiger partial charge in [-0.05, 0) is 61.9 Å². The predicted octanol–water partition coefficient (Wildman–Crippen LogP) is 4.09. The molecule has 0 radical (unpaired) electrons. The van der Waals surface area contributed by atoms with Gasteiger partial charge in [0.1, 0.15) is 5.75 Å². The van der Waals surface area contributed by atoms with Crippen LogP contribution in [0.5, 0.6) is 5.75 Å². The smallest absolute Gasteiger partial charge is 0.267 e. The van der Waals surface area contributed by atoms with E-state index in [9.17, 15) is 9.59 Å². The zero-order valence-corrected chi connectivity index (χ0v) is 21.0. The average molecular weight is 492 g/mol. The molecule has 1 aliphatic carbocycles. The van der Waals surface area contributed by atoms with Crippen LogP contribution in [0.3, 0.4) is 0 Å². The van der Waals surface area contributed by atoms with Gasteiger partial charge in [-0.2, -0.15) is 0 Å². The number of aryl methyl sites for hydroxylation is 1. The normalized spacial score (nSPS) is 13.5. The van der Waals surface area contributed by atoms with Gasteiger partial charge in [-0.3, -0.25) is 14.0 Å². The van der Waals surface area contributed by atoms with Gasteiger partial charge in [-0.25, -0.2) is 4.57 Å². The summed E-state index contributed by atoms with van der Waals surface area (Å²) >= 11 is 1.36. The van der Waals surface area contributed by atoms with E-state index in [1.165, 1.54) is 24.6 Å². The zero-order chi connectivity index (χ0) is 24.5. The fourth-order valence-corrected chi connectivity index (χ4v) is 5.22. The highest BCUT2D eigenvalue weighted by molar-refractivity contribution is 7.99. The Balaban J connectivity index is 1.59. The van der Waals surface area contributed by atoms with Crippen LogP contribution in [0, 0.1) is 12.8 Å². The summed E-state index contributed by atoms with van der Waals surface area (Å²) < 4.78 is 8.98. The molecule has 2 heterocycles. The van der Waals surface area contributed by atoms with Crippen molar-refractivity contribution in [3.63, 3.8) is 0 Å². The number of amides is 1. The molecule has 9 heteroatoms. The summed E-state index contributed by atoms with van der Waals surface area (Å²) in [6.07, 6.45) is 3.36. The van der Waals surface area contributed by atoms with Crippen molar-refractivity contribution >= 4 is 34.3 Å². The Morgan fingerprint density at radius 1 is 1.20 bits per heavy atom. The third kappa shape index (κ3) is 4.52. The van der Waals surface area contributed by atoms with Gasteiger partial charge in [0.15, 0.2) is 5.16 Å². The van der Waals surface area contributed by atoms with Crippen LogP contribution in [0.1, 0.15) is 31.7 Å². The van der Waals surface area contributed by atoms with Gasteiger partial charge in [0, 0.05) is 13.1 Å². The number of methoxy groups -OCH3 is 1. The lowest BCUT2D eigenvalue weighted by Crippen LogP contribution is -2.35. The Morgan fingerprint density at radius 2 is 2.00 bits per heavy atom. The van der Waals surface area contributed by atoms with Gasteiger partial charge in [0.2, 0.25) is 11.7 Å². The number of ether oxygens (including phenoxy) is 1. The fourth-order valence-electron chi connectivity index (χ4n) is 4.38. The molecule has 182 valence electrons. The third-order valence-corrected chi connectivity index (χ3v) is 7.23. The van der Waals surface area contributed by atoms with E-state index in [4.69, 9.17) is 4.74 Å². The minimum atomic E-state index is -0.199. The molecule has 0 N–H and O–H groups in total. The standard InChI is InChI=1S/C26H29N5O3S/c1-4-13-29(15-18-10-11-18)23(32)16-35-26-28-27-25-30(21-14-17(2)9-12-22(21)34-3)24(33)19-7-5-6-8-20(19)31(25)26/h5-9,12,14,18H,4,10-11,13,15-16H2,1-3H3. The number of fused-ring (bicyclic) bond motifs is 3. The molecule has 1 saturated carbocycles. The molecule has 2 aromatic heterocycles. The first-order valence-electron chi connectivity index (χ1n) is 12.0. The summed E-state index contributed by atoms with van der Waals surface area (Å²) in [7, 11) is 1.58. The molecule has 0 unspecified atom stereocenters. The Hall–Kier alpha value is -3.33. The molecule has 1 amide bonds. The van der Waals surface area contributed by atoms with E-state index in [-0.39, 0.29) is 17.2 Å². The van der Waals surface area contributed by atoms with Crippen molar-refractivity contribution in [2.45, 2.75) is 38.3 Å². The summed E-state index contributed by atoms with van der Waals surface area (Å²) in [5, 5.41) is 9.93. The van der Waals surface area contributed by atoms with Crippen LogP contribution in [0.15, 0.2) is 52.4 Å². The van der Waals surface area contributed by atoms with Crippen LogP contribution in [-0.2, 0) is 4.79 Å². The summed E-state index contributed by atoms with van der Waals surface area (Å²) in [5.41, 5.74) is 2.10. The topological polar surface area (TPSA) is 81.7 Å². The van der Waals surface area contributed by atoms with E-state index in [0.29, 0.717) is 39.2 Å². The van der Waals surface area contributed by atoms with Crippen molar-refractivity contribution in [3.05, 3.63) is 58.4 Å². The Labute approximate surface area is 207 Å². The second-order valence-corrected chi connectivity index (χ2v) is 9.97. The molecule has 35 heavy (non-hydrogen) atoms. The minimum absolute atomic E-state index is 0.110. The van der Waals surface area contributed by atoms with E-state index >= 15 is 0 Å². The van der Waals surface area contributed by atoms with Gasteiger partial charge < -0.3 is 9.64 Å². The SMILES string of the molecule is CCCN(CC1CC1)C(=O)CSc1nnc2n(-c3cc(C)ccc3OC)c(=O)c3ccccc3n12. The highest BCUT2D eigenvalue weighted by atomic mass is 32.2. The van der Waals surface area contributed by atoms with Crippen LogP contribution in [0.25, 0.3) is 22.4 Å². The Bertz CT molecular complexity index is 1460. The fraction of sp³-hybridized carbons (Fsp3) is 0.385. The maximum absolute atomic E-state index is 13.6. The van der Waals surface area contributed by atoms with Crippen LogP contribution in [0.4, 0.5) is 0 Å². The molecule has 1 fully saturated rings. The molecule has 8 nitrogen and oxygen atoms in total. The minimum Gasteiger partial charge on any atom is -0.495 e. The average Bonchev–Trinajstić information content (AvgIpc) is 3.59. The van der Waals surface area contributed by atoms with Crippen molar-refractivity contribution in [3.8, 4) is 11.4 Å². The summed E-state index contributed by atoms with van der Waals surface area (Å²) in [6, 6.07) is 13.1. The maximum atomic E-state index is 13.6. The molecule has 0 bridgehead atoms.